The zero-order valence-corrected chi connectivity index (χ0v) is 7.92. The van der Waals surface area contributed by atoms with E-state index in [-0.39, 0.29) is 5.82 Å². The van der Waals surface area contributed by atoms with Gasteiger partial charge >= 0.3 is 0 Å². The lowest BCUT2D eigenvalue weighted by Crippen LogP contribution is -1.88. The van der Waals surface area contributed by atoms with Crippen molar-refractivity contribution in [3.05, 3.63) is 35.8 Å². The molecule has 0 N–H and O–H groups in total. The maximum atomic E-state index is 13.2. The number of ether oxygens (including phenoxy) is 1. The quantitative estimate of drug-likeness (QED) is 0.749. The lowest BCUT2D eigenvalue weighted by Gasteiger charge is -1.94. The van der Waals surface area contributed by atoms with Crippen LogP contribution >= 0.6 is 0 Å². The Kier molecular flexibility index (Phi) is 2.50. The molecule has 14 heavy (non-hydrogen) atoms. The van der Waals surface area contributed by atoms with Crippen LogP contribution in [0.5, 0.6) is 0 Å². The molecule has 1 heterocycles. The minimum atomic E-state index is -0.328. The van der Waals surface area contributed by atoms with E-state index in [1.807, 2.05) is 13.0 Å². The lowest BCUT2D eigenvalue weighted by molar-refractivity contribution is 0.119. The van der Waals surface area contributed by atoms with E-state index in [2.05, 4.69) is 0 Å². The molecular formula is C11H11FO2. The molecule has 1 aromatic carbocycles. The van der Waals surface area contributed by atoms with Gasteiger partial charge in [0.1, 0.15) is 12.4 Å². The monoisotopic (exact) mass is 194 g/mol. The summed E-state index contributed by atoms with van der Waals surface area (Å²) in [6.45, 7) is 2.92. The minimum Gasteiger partial charge on any atom is -0.456 e. The van der Waals surface area contributed by atoms with E-state index in [0.717, 1.165) is 5.39 Å². The van der Waals surface area contributed by atoms with Crippen molar-refractivity contribution in [3.8, 4) is 0 Å². The SMILES string of the molecule is CCOCc1cc2cccc(F)c2o1. The minimum absolute atomic E-state index is 0.308. The topological polar surface area (TPSA) is 22.4 Å². The van der Waals surface area contributed by atoms with Gasteiger partial charge in [0, 0.05) is 12.0 Å². The van der Waals surface area contributed by atoms with Crippen molar-refractivity contribution in [3.63, 3.8) is 0 Å². The summed E-state index contributed by atoms with van der Waals surface area (Å²) in [7, 11) is 0. The number of para-hydroxylation sites is 1. The van der Waals surface area contributed by atoms with Gasteiger partial charge in [-0.3, -0.25) is 0 Å². The zero-order valence-electron chi connectivity index (χ0n) is 7.92. The predicted molar refractivity (Wildman–Crippen MR) is 51.5 cm³/mol. The summed E-state index contributed by atoms with van der Waals surface area (Å²) >= 11 is 0. The van der Waals surface area contributed by atoms with Crippen LogP contribution in [0.2, 0.25) is 0 Å². The Balaban J connectivity index is 2.36. The molecule has 2 nitrogen and oxygen atoms in total. The van der Waals surface area contributed by atoms with Crippen molar-refractivity contribution in [2.24, 2.45) is 0 Å². The fourth-order valence-electron chi connectivity index (χ4n) is 1.35. The molecule has 0 aliphatic heterocycles. The van der Waals surface area contributed by atoms with Crippen LogP contribution in [0.3, 0.4) is 0 Å². The second kappa shape index (κ2) is 3.80. The molecule has 0 atom stereocenters. The number of hydrogen-bond acceptors (Lipinski definition) is 2. The maximum Gasteiger partial charge on any atom is 0.170 e. The first-order valence-electron chi connectivity index (χ1n) is 4.56. The van der Waals surface area contributed by atoms with Gasteiger partial charge in [0.15, 0.2) is 11.4 Å². The number of rotatable bonds is 3. The van der Waals surface area contributed by atoms with Gasteiger partial charge in [-0.15, -0.1) is 0 Å². The van der Waals surface area contributed by atoms with Crippen LogP contribution in [0.25, 0.3) is 11.0 Å². The normalized spacial score (nSPS) is 11.0. The number of halogens is 1. The van der Waals surface area contributed by atoms with Crippen molar-refractivity contribution in [2.45, 2.75) is 13.5 Å². The third-order valence-corrected chi connectivity index (χ3v) is 2.00. The van der Waals surface area contributed by atoms with Gasteiger partial charge in [-0.05, 0) is 19.1 Å². The molecule has 0 fully saturated rings. The molecule has 0 unspecified atom stereocenters. The van der Waals surface area contributed by atoms with Crippen LogP contribution in [0.15, 0.2) is 28.7 Å². The Morgan fingerprint density at radius 3 is 3.00 bits per heavy atom. The van der Waals surface area contributed by atoms with Gasteiger partial charge in [0.2, 0.25) is 0 Å². The molecule has 0 saturated carbocycles. The largest absolute Gasteiger partial charge is 0.456 e. The van der Waals surface area contributed by atoms with E-state index >= 15 is 0 Å². The third-order valence-electron chi connectivity index (χ3n) is 2.00. The van der Waals surface area contributed by atoms with Crippen molar-refractivity contribution in [1.29, 1.82) is 0 Å². The van der Waals surface area contributed by atoms with E-state index in [4.69, 9.17) is 9.15 Å². The number of hydrogen-bond donors (Lipinski definition) is 0. The summed E-state index contributed by atoms with van der Waals surface area (Å²) in [5, 5.41) is 0.778. The van der Waals surface area contributed by atoms with Crippen LogP contribution in [-0.4, -0.2) is 6.61 Å². The first kappa shape index (κ1) is 9.21. The molecular weight excluding hydrogens is 183 g/mol. The van der Waals surface area contributed by atoms with Gasteiger partial charge < -0.3 is 9.15 Å². The van der Waals surface area contributed by atoms with Crippen LogP contribution in [-0.2, 0) is 11.3 Å². The van der Waals surface area contributed by atoms with E-state index in [1.54, 1.807) is 12.1 Å². The molecule has 3 heteroatoms. The van der Waals surface area contributed by atoms with E-state index in [1.165, 1.54) is 6.07 Å². The molecule has 1 aromatic heterocycles. The average molecular weight is 194 g/mol. The van der Waals surface area contributed by atoms with Crippen LogP contribution in [0.1, 0.15) is 12.7 Å². The molecule has 2 rings (SSSR count). The Bertz CT molecular complexity index is 434. The van der Waals surface area contributed by atoms with Gasteiger partial charge in [-0.2, -0.15) is 0 Å². The number of benzene rings is 1. The summed E-state index contributed by atoms with van der Waals surface area (Å²) in [6.07, 6.45) is 0. The fraction of sp³-hybridized carbons (Fsp3) is 0.273. The van der Waals surface area contributed by atoms with Crippen LogP contribution in [0, 0.1) is 5.82 Å². The van der Waals surface area contributed by atoms with Crippen molar-refractivity contribution >= 4 is 11.0 Å². The summed E-state index contributed by atoms with van der Waals surface area (Å²) in [5.74, 6) is 0.331. The second-order valence-electron chi connectivity index (χ2n) is 3.01. The van der Waals surface area contributed by atoms with E-state index in [0.29, 0.717) is 24.6 Å². The van der Waals surface area contributed by atoms with Crippen molar-refractivity contribution in [2.75, 3.05) is 6.61 Å². The second-order valence-corrected chi connectivity index (χ2v) is 3.01. The van der Waals surface area contributed by atoms with Gasteiger partial charge in [-0.1, -0.05) is 12.1 Å². The number of fused-ring (bicyclic) bond motifs is 1. The first-order valence-corrected chi connectivity index (χ1v) is 4.56. The van der Waals surface area contributed by atoms with E-state index < -0.39 is 0 Å². The molecule has 0 aliphatic rings. The highest BCUT2D eigenvalue weighted by molar-refractivity contribution is 5.78. The molecule has 0 saturated heterocycles. The molecule has 0 radical (unpaired) electrons. The molecule has 74 valence electrons. The van der Waals surface area contributed by atoms with Crippen LogP contribution in [0.4, 0.5) is 4.39 Å². The maximum absolute atomic E-state index is 13.2. The molecule has 2 aromatic rings. The average Bonchev–Trinajstić information content (AvgIpc) is 2.59. The highest BCUT2D eigenvalue weighted by Gasteiger charge is 2.07. The highest BCUT2D eigenvalue weighted by atomic mass is 19.1. The summed E-state index contributed by atoms with van der Waals surface area (Å²) in [6, 6.07) is 6.67. The van der Waals surface area contributed by atoms with E-state index in [9.17, 15) is 4.39 Å². The molecule has 0 aliphatic carbocycles. The van der Waals surface area contributed by atoms with Gasteiger partial charge in [0.25, 0.3) is 0 Å². The predicted octanol–water partition coefficient (Wildman–Crippen LogP) is 3.11. The number of furan rings is 1. The van der Waals surface area contributed by atoms with Gasteiger partial charge in [0.05, 0.1) is 0 Å². The third kappa shape index (κ3) is 1.63. The van der Waals surface area contributed by atoms with Gasteiger partial charge in [-0.25, -0.2) is 4.39 Å². The Morgan fingerprint density at radius 1 is 1.43 bits per heavy atom. The molecule has 0 amide bonds. The molecule has 0 spiro atoms. The van der Waals surface area contributed by atoms with Crippen molar-refractivity contribution in [1.82, 2.24) is 0 Å². The summed E-state index contributed by atoms with van der Waals surface area (Å²) in [4.78, 5) is 0. The fourth-order valence-corrected chi connectivity index (χ4v) is 1.35. The zero-order chi connectivity index (χ0) is 9.97. The smallest absolute Gasteiger partial charge is 0.170 e. The summed E-state index contributed by atoms with van der Waals surface area (Å²) in [5.41, 5.74) is 0.308. The van der Waals surface area contributed by atoms with Crippen molar-refractivity contribution < 1.29 is 13.5 Å². The molecule has 0 bridgehead atoms. The highest BCUT2D eigenvalue weighted by Crippen LogP contribution is 2.22. The Labute approximate surface area is 81.3 Å². The lowest BCUT2D eigenvalue weighted by atomic mass is 10.2. The first-order chi connectivity index (χ1) is 6.81. The Hall–Kier alpha value is -1.35. The standard InChI is InChI=1S/C11H11FO2/c1-2-13-7-9-6-8-4-3-5-10(12)11(8)14-9/h3-6H,2,7H2,1H3. The summed E-state index contributed by atoms with van der Waals surface area (Å²) < 4.78 is 23.7. The Morgan fingerprint density at radius 2 is 2.29 bits per heavy atom. The van der Waals surface area contributed by atoms with Crippen LogP contribution < -0.4 is 0 Å².